The summed E-state index contributed by atoms with van der Waals surface area (Å²) in [5.74, 6) is 0.270. The molecule has 3 aliphatic heterocycles. The average molecular weight is 442 g/mol. The molecule has 0 aliphatic carbocycles. The largest absolute Gasteiger partial charge is 0.383 e. The monoisotopic (exact) mass is 441 g/mol. The highest BCUT2D eigenvalue weighted by molar-refractivity contribution is 5.98. The molecule has 0 aromatic carbocycles. The molecule has 32 heavy (non-hydrogen) atoms. The number of ether oxygens (including phenoxy) is 1. The summed E-state index contributed by atoms with van der Waals surface area (Å²) in [6, 6.07) is 1.84. The summed E-state index contributed by atoms with van der Waals surface area (Å²) >= 11 is 0. The number of carbonyl (C=O) groups excluding carboxylic acids is 2. The van der Waals surface area contributed by atoms with Gasteiger partial charge in [-0.1, -0.05) is 11.6 Å². The molecule has 1 fully saturated rings. The van der Waals surface area contributed by atoms with E-state index in [2.05, 4.69) is 44.1 Å². The normalized spacial score (nSPS) is 22.2. The number of nitrogens with two attached hydrogens (primary N) is 1. The van der Waals surface area contributed by atoms with Gasteiger partial charge in [0.25, 0.3) is 5.91 Å². The Hall–Kier alpha value is -2.45. The summed E-state index contributed by atoms with van der Waals surface area (Å²) in [6.07, 6.45) is 4.11. The summed E-state index contributed by atoms with van der Waals surface area (Å²) in [7, 11) is 0. The summed E-state index contributed by atoms with van der Waals surface area (Å²) < 4.78 is 5.34. The second-order valence-corrected chi connectivity index (χ2v) is 10.4. The van der Waals surface area contributed by atoms with Crippen LogP contribution in [0.2, 0.25) is 0 Å². The Labute approximate surface area is 190 Å². The van der Waals surface area contributed by atoms with Gasteiger partial charge in [-0.2, -0.15) is 0 Å². The van der Waals surface area contributed by atoms with E-state index in [1.165, 1.54) is 5.57 Å². The summed E-state index contributed by atoms with van der Waals surface area (Å²) in [5.41, 5.74) is 9.35. The molecule has 4 heterocycles. The van der Waals surface area contributed by atoms with Crippen molar-refractivity contribution in [2.75, 3.05) is 38.6 Å². The molecule has 0 unspecified atom stereocenters. The van der Waals surface area contributed by atoms with Gasteiger partial charge in [0, 0.05) is 55.8 Å². The number of aromatic nitrogens is 1. The van der Waals surface area contributed by atoms with Crippen LogP contribution in [0.1, 0.15) is 62.2 Å². The average Bonchev–Trinajstić information content (AvgIpc) is 2.70. The number of morpholine rings is 1. The fourth-order valence-corrected chi connectivity index (χ4v) is 5.31. The number of nitrogen functional groups attached to an aromatic ring is 1. The van der Waals surface area contributed by atoms with E-state index < -0.39 is 0 Å². The van der Waals surface area contributed by atoms with E-state index in [9.17, 15) is 9.59 Å². The highest BCUT2D eigenvalue weighted by Crippen LogP contribution is 2.30. The van der Waals surface area contributed by atoms with Crippen molar-refractivity contribution in [1.29, 1.82) is 0 Å². The van der Waals surface area contributed by atoms with Gasteiger partial charge in [0.05, 0.1) is 18.8 Å². The summed E-state index contributed by atoms with van der Waals surface area (Å²) in [5, 5.41) is 3.61. The standard InChI is InChI=1S/C24H35N5O3/c1-23(2)13-16(14-24(3,4)27-23)11-20(30)29-6-5-19-17(15-29)12-18(21(25)26-19)22(31)28-7-9-32-10-8-28/h12-13,27H,5-11,14-15H2,1-4H3,(H2,25,26). The summed E-state index contributed by atoms with van der Waals surface area (Å²) in [4.78, 5) is 34.3. The Morgan fingerprint density at radius 2 is 1.88 bits per heavy atom. The first-order valence-electron chi connectivity index (χ1n) is 11.5. The number of nitrogens with one attached hydrogen (secondary N) is 1. The van der Waals surface area contributed by atoms with Gasteiger partial charge in [-0.25, -0.2) is 4.98 Å². The smallest absolute Gasteiger partial charge is 0.257 e. The van der Waals surface area contributed by atoms with E-state index >= 15 is 0 Å². The van der Waals surface area contributed by atoms with E-state index in [1.54, 1.807) is 4.90 Å². The molecule has 8 heteroatoms. The zero-order valence-corrected chi connectivity index (χ0v) is 19.7. The molecular formula is C24H35N5O3. The second-order valence-electron chi connectivity index (χ2n) is 10.4. The van der Waals surface area contributed by atoms with Crippen LogP contribution in [-0.4, -0.2) is 70.5 Å². The summed E-state index contributed by atoms with van der Waals surface area (Å²) in [6.45, 7) is 11.9. The molecule has 1 aromatic heterocycles. The molecule has 1 saturated heterocycles. The number of amides is 2. The molecule has 0 spiro atoms. The maximum atomic E-state index is 13.2. The molecule has 8 nitrogen and oxygen atoms in total. The van der Waals surface area contributed by atoms with Crippen LogP contribution in [0.3, 0.4) is 0 Å². The lowest BCUT2D eigenvalue weighted by Crippen LogP contribution is -2.54. The number of hydrogen-bond donors (Lipinski definition) is 2. The number of fused-ring (bicyclic) bond motifs is 1. The fraction of sp³-hybridized carbons (Fsp3) is 0.625. The molecule has 1 aromatic rings. The van der Waals surface area contributed by atoms with Gasteiger partial charge in [-0.15, -0.1) is 0 Å². The molecule has 4 rings (SSSR count). The van der Waals surface area contributed by atoms with Gasteiger partial charge in [0.15, 0.2) is 0 Å². The Morgan fingerprint density at radius 1 is 1.16 bits per heavy atom. The molecule has 0 bridgehead atoms. The van der Waals surface area contributed by atoms with Crippen LogP contribution in [0.25, 0.3) is 0 Å². The third-order valence-electron chi connectivity index (χ3n) is 6.35. The van der Waals surface area contributed by atoms with Crippen LogP contribution < -0.4 is 11.1 Å². The SMILES string of the molecule is CC1(C)C=C(CC(=O)N2CCc3nc(N)c(C(=O)N4CCOCC4)cc3C2)CC(C)(C)N1. The number of anilines is 1. The van der Waals surface area contributed by atoms with Crippen molar-refractivity contribution in [2.45, 2.75) is 64.6 Å². The van der Waals surface area contributed by atoms with Crippen molar-refractivity contribution in [3.63, 3.8) is 0 Å². The predicted molar refractivity (Wildman–Crippen MR) is 123 cm³/mol. The Bertz CT molecular complexity index is 947. The number of nitrogens with zero attached hydrogens (tertiary/aromatic N) is 3. The molecule has 174 valence electrons. The lowest BCUT2D eigenvalue weighted by molar-refractivity contribution is -0.131. The number of hydrogen-bond acceptors (Lipinski definition) is 6. The molecule has 0 saturated carbocycles. The van der Waals surface area contributed by atoms with Gasteiger partial charge in [0.2, 0.25) is 5.91 Å². The zero-order chi connectivity index (χ0) is 23.1. The minimum atomic E-state index is -0.137. The van der Waals surface area contributed by atoms with Crippen molar-refractivity contribution < 1.29 is 14.3 Å². The first-order chi connectivity index (χ1) is 15.0. The number of pyridine rings is 1. The number of rotatable bonds is 3. The fourth-order valence-electron chi connectivity index (χ4n) is 5.31. The van der Waals surface area contributed by atoms with E-state index in [0.717, 1.165) is 17.7 Å². The topological polar surface area (TPSA) is 101 Å². The molecular weight excluding hydrogens is 406 g/mol. The molecule has 3 aliphatic rings. The molecule has 0 radical (unpaired) electrons. The van der Waals surface area contributed by atoms with Crippen LogP contribution in [-0.2, 0) is 22.5 Å². The maximum absolute atomic E-state index is 13.2. The molecule has 0 atom stereocenters. The van der Waals surface area contributed by atoms with Gasteiger partial charge in [-0.3, -0.25) is 9.59 Å². The first kappa shape index (κ1) is 22.7. The van der Waals surface area contributed by atoms with E-state index in [0.29, 0.717) is 57.8 Å². The van der Waals surface area contributed by atoms with Gasteiger partial charge < -0.3 is 25.6 Å². The lowest BCUT2D eigenvalue weighted by atomic mass is 9.82. The van der Waals surface area contributed by atoms with Crippen molar-refractivity contribution in [1.82, 2.24) is 20.1 Å². The minimum absolute atomic E-state index is 0.0431. The van der Waals surface area contributed by atoms with Crippen molar-refractivity contribution in [3.05, 3.63) is 34.5 Å². The number of carbonyl (C=O) groups is 2. The first-order valence-corrected chi connectivity index (χ1v) is 11.5. The zero-order valence-electron chi connectivity index (χ0n) is 19.7. The van der Waals surface area contributed by atoms with Gasteiger partial charge >= 0.3 is 0 Å². The highest BCUT2D eigenvalue weighted by atomic mass is 16.5. The van der Waals surface area contributed by atoms with Crippen LogP contribution in [0.4, 0.5) is 5.82 Å². The van der Waals surface area contributed by atoms with Crippen molar-refractivity contribution >= 4 is 17.6 Å². The predicted octanol–water partition coefficient (Wildman–Crippen LogP) is 1.89. The van der Waals surface area contributed by atoms with E-state index in [-0.39, 0.29) is 28.7 Å². The maximum Gasteiger partial charge on any atom is 0.257 e. The molecule has 2 amide bonds. The van der Waals surface area contributed by atoms with E-state index in [4.69, 9.17) is 10.5 Å². The molecule has 3 N–H and O–H groups in total. The quantitative estimate of drug-likeness (QED) is 0.695. The van der Waals surface area contributed by atoms with Gasteiger partial charge in [-0.05, 0) is 45.7 Å². The Kier molecular flexibility index (Phi) is 6.02. The second kappa shape index (κ2) is 8.48. The van der Waals surface area contributed by atoms with Crippen LogP contribution >= 0.6 is 0 Å². The Balaban J connectivity index is 1.48. The van der Waals surface area contributed by atoms with Crippen LogP contribution in [0.5, 0.6) is 0 Å². The minimum Gasteiger partial charge on any atom is -0.383 e. The highest BCUT2D eigenvalue weighted by Gasteiger charge is 2.34. The van der Waals surface area contributed by atoms with E-state index in [1.807, 2.05) is 11.0 Å². The van der Waals surface area contributed by atoms with Crippen molar-refractivity contribution in [3.8, 4) is 0 Å². The van der Waals surface area contributed by atoms with Gasteiger partial charge in [0.1, 0.15) is 5.82 Å². The van der Waals surface area contributed by atoms with Crippen molar-refractivity contribution in [2.24, 2.45) is 0 Å². The van der Waals surface area contributed by atoms with Crippen LogP contribution in [0.15, 0.2) is 17.7 Å². The van der Waals surface area contributed by atoms with Crippen LogP contribution in [0, 0.1) is 0 Å². The Morgan fingerprint density at radius 3 is 2.56 bits per heavy atom. The third kappa shape index (κ3) is 4.96. The lowest BCUT2D eigenvalue weighted by Gasteiger charge is -2.41. The third-order valence-corrected chi connectivity index (χ3v) is 6.35.